The highest BCUT2D eigenvalue weighted by Crippen LogP contribution is 2.46. The van der Waals surface area contributed by atoms with Crippen LogP contribution in [0.1, 0.15) is 82.9 Å². The highest BCUT2D eigenvalue weighted by molar-refractivity contribution is 5.70. The Morgan fingerprint density at radius 3 is 2.50 bits per heavy atom. The van der Waals surface area contributed by atoms with Crippen molar-refractivity contribution in [3.8, 4) is 0 Å². The minimum absolute atomic E-state index is 0.270. The molecule has 0 heterocycles. The second-order valence-electron chi connectivity index (χ2n) is 10.6. The minimum atomic E-state index is 0.270. The van der Waals surface area contributed by atoms with E-state index in [0.29, 0.717) is 0 Å². The van der Waals surface area contributed by atoms with E-state index >= 15 is 0 Å². The number of rotatable bonds is 4. The average Bonchev–Trinajstić information content (AvgIpc) is 3.34. The van der Waals surface area contributed by atoms with Gasteiger partial charge in [0.05, 0.1) is 0 Å². The Bertz CT molecular complexity index is 1290. The third-order valence-corrected chi connectivity index (χ3v) is 8.42. The van der Waals surface area contributed by atoms with Crippen molar-refractivity contribution in [3.63, 3.8) is 0 Å². The van der Waals surface area contributed by atoms with Gasteiger partial charge in [0, 0.05) is 5.92 Å². The van der Waals surface area contributed by atoms with E-state index in [9.17, 15) is 0 Å². The molecule has 3 aromatic carbocycles. The largest absolute Gasteiger partial charge is 0.0946 e. The van der Waals surface area contributed by atoms with Gasteiger partial charge in [-0.25, -0.2) is 0 Å². The van der Waals surface area contributed by atoms with Gasteiger partial charge in [-0.15, -0.1) is 0 Å². The van der Waals surface area contributed by atoms with Gasteiger partial charge in [-0.05, 0) is 102 Å². The van der Waals surface area contributed by atoms with Crippen molar-refractivity contribution in [2.45, 2.75) is 57.3 Å². The minimum Gasteiger partial charge on any atom is -0.0946 e. The van der Waals surface area contributed by atoms with E-state index < -0.39 is 0 Å². The molecule has 0 radical (unpaired) electrons. The maximum absolute atomic E-state index is 4.67. The van der Waals surface area contributed by atoms with E-state index in [2.05, 4.69) is 98.5 Å². The number of benzene rings is 3. The summed E-state index contributed by atoms with van der Waals surface area (Å²) in [5.41, 5.74) is 12.9. The number of fused-ring (bicyclic) bond motifs is 2. The van der Waals surface area contributed by atoms with Crippen molar-refractivity contribution in [2.75, 3.05) is 0 Å². The molecule has 3 aliphatic rings. The molecule has 1 fully saturated rings. The summed E-state index contributed by atoms with van der Waals surface area (Å²) in [7, 11) is 0. The standard InChI is InChI=1S/C34H34/c1-23-8-5-12-29(20-23)34-24(2)30(22-28-9-3-4-13-33(28)34)21-25-16-18-27(19-17-25)32-15-7-11-26-10-6-14-31(26)32/h3-9,11-15,20,22,25,27,34H,2,10,16-19,21H2,1H3. The van der Waals surface area contributed by atoms with Gasteiger partial charge in [0.1, 0.15) is 0 Å². The van der Waals surface area contributed by atoms with Crippen LogP contribution < -0.4 is 0 Å². The first-order valence-corrected chi connectivity index (χ1v) is 13.0. The molecule has 0 aliphatic heterocycles. The van der Waals surface area contributed by atoms with Gasteiger partial charge in [0.2, 0.25) is 0 Å². The van der Waals surface area contributed by atoms with Crippen LogP contribution in [-0.4, -0.2) is 0 Å². The number of aryl methyl sites for hydroxylation is 1. The summed E-state index contributed by atoms with van der Waals surface area (Å²) in [6, 6.07) is 24.9. The van der Waals surface area contributed by atoms with Crippen molar-refractivity contribution in [2.24, 2.45) is 5.92 Å². The summed E-state index contributed by atoms with van der Waals surface area (Å²) in [5.74, 6) is 1.75. The lowest BCUT2D eigenvalue weighted by molar-refractivity contribution is 0.324. The highest BCUT2D eigenvalue weighted by Gasteiger charge is 2.30. The summed E-state index contributed by atoms with van der Waals surface area (Å²) in [6.07, 6.45) is 14.6. The summed E-state index contributed by atoms with van der Waals surface area (Å²) < 4.78 is 0. The Morgan fingerprint density at radius 1 is 0.853 bits per heavy atom. The molecule has 3 aliphatic carbocycles. The lowest BCUT2D eigenvalue weighted by Crippen LogP contribution is -2.18. The molecule has 1 unspecified atom stereocenters. The van der Waals surface area contributed by atoms with Crippen LogP contribution in [0.2, 0.25) is 0 Å². The maximum Gasteiger partial charge on any atom is 0.0342 e. The molecule has 170 valence electrons. The second-order valence-corrected chi connectivity index (χ2v) is 10.6. The van der Waals surface area contributed by atoms with E-state index in [1.54, 1.807) is 5.56 Å². The first kappa shape index (κ1) is 21.4. The van der Waals surface area contributed by atoms with Gasteiger partial charge >= 0.3 is 0 Å². The quantitative estimate of drug-likeness (QED) is 0.378. The van der Waals surface area contributed by atoms with Gasteiger partial charge in [-0.2, -0.15) is 0 Å². The van der Waals surface area contributed by atoms with Gasteiger partial charge in [0.25, 0.3) is 0 Å². The monoisotopic (exact) mass is 442 g/mol. The third kappa shape index (κ3) is 3.90. The Balaban J connectivity index is 1.21. The Labute approximate surface area is 204 Å². The molecule has 0 nitrogen and oxygen atoms in total. The van der Waals surface area contributed by atoms with Crippen LogP contribution in [0.5, 0.6) is 0 Å². The predicted octanol–water partition coefficient (Wildman–Crippen LogP) is 9.01. The summed E-state index contributed by atoms with van der Waals surface area (Å²) in [4.78, 5) is 0. The maximum atomic E-state index is 4.67. The SMILES string of the molecule is C=C1C(CC2CCC(c3cccc4c3C=CC4)CC2)=Cc2ccccc2C1c1cccc(C)c1. The fourth-order valence-electron chi connectivity index (χ4n) is 6.64. The highest BCUT2D eigenvalue weighted by atomic mass is 14.3. The van der Waals surface area contributed by atoms with Crippen LogP contribution in [0, 0.1) is 12.8 Å². The van der Waals surface area contributed by atoms with Crippen LogP contribution in [-0.2, 0) is 6.42 Å². The lowest BCUT2D eigenvalue weighted by atomic mass is 9.71. The van der Waals surface area contributed by atoms with E-state index in [4.69, 9.17) is 0 Å². The molecule has 0 amide bonds. The van der Waals surface area contributed by atoms with Crippen LogP contribution in [0.3, 0.4) is 0 Å². The topological polar surface area (TPSA) is 0 Å². The second kappa shape index (κ2) is 8.91. The van der Waals surface area contributed by atoms with Gasteiger partial charge < -0.3 is 0 Å². The smallest absolute Gasteiger partial charge is 0.0342 e. The zero-order valence-corrected chi connectivity index (χ0v) is 20.3. The van der Waals surface area contributed by atoms with Crippen LogP contribution in [0.15, 0.2) is 90.5 Å². The fraction of sp³-hybridized carbons (Fsp3) is 0.294. The normalized spacial score (nSPS) is 23.4. The van der Waals surface area contributed by atoms with Crippen LogP contribution in [0.4, 0.5) is 0 Å². The molecule has 0 heteroatoms. The van der Waals surface area contributed by atoms with Crippen LogP contribution >= 0.6 is 0 Å². The fourth-order valence-corrected chi connectivity index (χ4v) is 6.64. The molecule has 0 saturated heterocycles. The molecule has 34 heavy (non-hydrogen) atoms. The molecule has 0 aromatic heterocycles. The van der Waals surface area contributed by atoms with E-state index in [-0.39, 0.29) is 5.92 Å². The summed E-state index contributed by atoms with van der Waals surface area (Å²) in [5, 5.41) is 0. The third-order valence-electron chi connectivity index (χ3n) is 8.42. The Morgan fingerprint density at radius 2 is 1.65 bits per heavy atom. The number of hydrogen-bond donors (Lipinski definition) is 0. The van der Waals surface area contributed by atoms with Crippen molar-refractivity contribution < 1.29 is 0 Å². The molecule has 6 rings (SSSR count). The van der Waals surface area contributed by atoms with Crippen LogP contribution in [0.25, 0.3) is 12.2 Å². The van der Waals surface area contributed by atoms with Crippen molar-refractivity contribution in [1.82, 2.24) is 0 Å². The van der Waals surface area contributed by atoms with Gasteiger partial charge in [-0.3, -0.25) is 0 Å². The van der Waals surface area contributed by atoms with E-state index in [1.165, 1.54) is 70.2 Å². The van der Waals surface area contributed by atoms with Crippen molar-refractivity contribution in [1.29, 1.82) is 0 Å². The molecule has 1 atom stereocenters. The summed E-state index contributed by atoms with van der Waals surface area (Å²) >= 11 is 0. The molecular weight excluding hydrogens is 408 g/mol. The van der Waals surface area contributed by atoms with E-state index in [1.807, 2.05) is 0 Å². The molecule has 0 spiro atoms. The van der Waals surface area contributed by atoms with E-state index in [0.717, 1.165) is 24.7 Å². The molecular formula is C34H34. The molecule has 0 bridgehead atoms. The van der Waals surface area contributed by atoms with Gasteiger partial charge in [-0.1, -0.05) is 97.1 Å². The van der Waals surface area contributed by atoms with Gasteiger partial charge in [0.15, 0.2) is 0 Å². The first-order valence-electron chi connectivity index (χ1n) is 13.0. The number of hydrogen-bond acceptors (Lipinski definition) is 0. The van der Waals surface area contributed by atoms with Crippen molar-refractivity contribution >= 4 is 12.2 Å². The van der Waals surface area contributed by atoms with Crippen molar-refractivity contribution in [3.05, 3.63) is 129 Å². The Hall–Kier alpha value is -3.12. The average molecular weight is 443 g/mol. The molecule has 3 aromatic rings. The number of allylic oxidation sites excluding steroid dienone is 3. The molecule has 0 N–H and O–H groups in total. The zero-order valence-electron chi connectivity index (χ0n) is 20.3. The summed E-state index contributed by atoms with van der Waals surface area (Å²) in [6.45, 7) is 6.86. The first-order chi connectivity index (χ1) is 16.7. The predicted molar refractivity (Wildman–Crippen MR) is 145 cm³/mol. The molecule has 1 saturated carbocycles. The Kier molecular flexibility index (Phi) is 5.61. The zero-order chi connectivity index (χ0) is 23.1. The lowest BCUT2D eigenvalue weighted by Gasteiger charge is -2.34.